The van der Waals surface area contributed by atoms with Crippen molar-refractivity contribution in [3.05, 3.63) is 41.4 Å². The van der Waals surface area contributed by atoms with Gasteiger partial charge in [0.05, 0.1) is 5.69 Å². The van der Waals surface area contributed by atoms with Crippen molar-refractivity contribution in [2.24, 2.45) is 0 Å². The van der Waals surface area contributed by atoms with Crippen molar-refractivity contribution in [2.45, 2.75) is 25.9 Å². The summed E-state index contributed by atoms with van der Waals surface area (Å²) in [6.07, 6.45) is 2.05. The van der Waals surface area contributed by atoms with Crippen molar-refractivity contribution in [1.82, 2.24) is 25.4 Å². The lowest BCUT2D eigenvalue weighted by atomic mass is 10.1. The number of carbonyl (C=O) groups excluding carboxylic acids is 1. The zero-order chi connectivity index (χ0) is 16.8. The first kappa shape index (κ1) is 16.8. The van der Waals surface area contributed by atoms with Gasteiger partial charge in [-0.05, 0) is 30.2 Å². The first-order valence-corrected chi connectivity index (χ1v) is 7.29. The van der Waals surface area contributed by atoms with Gasteiger partial charge in [-0.1, -0.05) is 18.5 Å². The van der Waals surface area contributed by atoms with E-state index in [1.54, 1.807) is 29.8 Å². The zero-order valence-corrected chi connectivity index (χ0v) is 13.1. The van der Waals surface area contributed by atoms with Crippen LogP contribution in [0.5, 0.6) is 0 Å². The Hall–Kier alpha value is -2.61. The molecule has 0 bridgehead atoms. The SMILES string of the molecule is CCC(NC(=O)O)C(=O)NCc1cc(Cl)ccc1-n1cncn1. The maximum Gasteiger partial charge on any atom is 0.405 e. The number of carbonyl (C=O) groups is 2. The van der Waals surface area contributed by atoms with Crippen LogP contribution in [0.1, 0.15) is 18.9 Å². The standard InChI is InChI=1S/C14H16ClN5O3/c1-2-11(19-14(22)23)13(21)17-6-9-5-10(15)3-4-12(9)20-8-16-7-18-20/h3-5,7-8,11,19H,2,6H2,1H3,(H,17,21)(H,22,23). The number of hydrogen-bond donors (Lipinski definition) is 3. The Balaban J connectivity index is 2.12. The molecule has 2 rings (SSSR count). The third kappa shape index (κ3) is 4.43. The van der Waals surface area contributed by atoms with Gasteiger partial charge in [0, 0.05) is 11.6 Å². The fourth-order valence-corrected chi connectivity index (χ4v) is 2.25. The molecule has 0 saturated carbocycles. The van der Waals surface area contributed by atoms with Crippen LogP contribution in [0, 0.1) is 0 Å². The number of amides is 2. The van der Waals surface area contributed by atoms with Crippen LogP contribution in [0.15, 0.2) is 30.9 Å². The van der Waals surface area contributed by atoms with Gasteiger partial charge in [0.1, 0.15) is 18.7 Å². The normalized spacial score (nSPS) is 11.7. The molecular formula is C14H16ClN5O3. The Morgan fingerprint density at radius 2 is 2.22 bits per heavy atom. The third-order valence-electron chi connectivity index (χ3n) is 3.18. The first-order valence-electron chi connectivity index (χ1n) is 6.92. The van der Waals surface area contributed by atoms with E-state index in [1.165, 1.54) is 12.7 Å². The Bertz CT molecular complexity index is 690. The van der Waals surface area contributed by atoms with Crippen LogP contribution in [0.25, 0.3) is 5.69 Å². The van der Waals surface area contributed by atoms with Gasteiger partial charge in [-0.25, -0.2) is 14.5 Å². The molecule has 0 aliphatic rings. The van der Waals surface area contributed by atoms with Crippen LogP contribution in [-0.4, -0.2) is 37.9 Å². The molecule has 1 atom stereocenters. The van der Waals surface area contributed by atoms with Gasteiger partial charge >= 0.3 is 6.09 Å². The van der Waals surface area contributed by atoms with Gasteiger partial charge < -0.3 is 15.7 Å². The maximum absolute atomic E-state index is 12.1. The summed E-state index contributed by atoms with van der Waals surface area (Å²) in [5.74, 6) is -0.403. The molecule has 1 aromatic carbocycles. The molecule has 1 unspecified atom stereocenters. The Kier molecular flexibility index (Phi) is 5.53. The number of benzene rings is 1. The van der Waals surface area contributed by atoms with E-state index in [0.717, 1.165) is 11.3 Å². The Labute approximate surface area is 137 Å². The minimum absolute atomic E-state index is 0.187. The number of aromatic nitrogens is 3. The number of halogens is 1. The van der Waals surface area contributed by atoms with Crippen LogP contribution >= 0.6 is 11.6 Å². The molecule has 0 spiro atoms. The van der Waals surface area contributed by atoms with Crippen molar-refractivity contribution < 1.29 is 14.7 Å². The summed E-state index contributed by atoms with van der Waals surface area (Å²) < 4.78 is 1.56. The van der Waals surface area contributed by atoms with Crippen LogP contribution < -0.4 is 10.6 Å². The molecule has 0 radical (unpaired) electrons. The second-order valence-corrected chi connectivity index (χ2v) is 5.18. The second-order valence-electron chi connectivity index (χ2n) is 4.74. The van der Waals surface area contributed by atoms with Crippen molar-refractivity contribution in [3.63, 3.8) is 0 Å². The number of rotatable bonds is 6. The minimum atomic E-state index is -1.24. The second kappa shape index (κ2) is 7.59. The smallest absolute Gasteiger partial charge is 0.405 e. The average Bonchev–Trinajstić information content (AvgIpc) is 3.04. The average molecular weight is 338 g/mol. The summed E-state index contributed by atoms with van der Waals surface area (Å²) in [6, 6.07) is 4.39. The van der Waals surface area contributed by atoms with Crippen LogP contribution in [0.2, 0.25) is 5.02 Å². The zero-order valence-electron chi connectivity index (χ0n) is 12.4. The summed E-state index contributed by atoms with van der Waals surface area (Å²) in [5.41, 5.74) is 1.47. The van der Waals surface area contributed by atoms with Crippen molar-refractivity contribution in [3.8, 4) is 5.69 Å². The third-order valence-corrected chi connectivity index (χ3v) is 3.42. The summed E-state index contributed by atoms with van der Waals surface area (Å²) in [7, 11) is 0. The summed E-state index contributed by atoms with van der Waals surface area (Å²) in [6.45, 7) is 1.91. The molecule has 2 aromatic rings. The van der Waals surface area contributed by atoms with Crippen LogP contribution in [-0.2, 0) is 11.3 Å². The molecule has 2 amide bonds. The van der Waals surface area contributed by atoms with Gasteiger partial charge in [0.15, 0.2) is 0 Å². The van der Waals surface area contributed by atoms with Crippen molar-refractivity contribution >= 4 is 23.6 Å². The van der Waals surface area contributed by atoms with Gasteiger partial charge in [0.2, 0.25) is 5.91 Å². The largest absolute Gasteiger partial charge is 0.465 e. The molecule has 122 valence electrons. The summed E-state index contributed by atoms with van der Waals surface area (Å²) >= 11 is 6.00. The molecule has 1 aromatic heterocycles. The summed E-state index contributed by atoms with van der Waals surface area (Å²) in [5, 5.41) is 18.2. The van der Waals surface area contributed by atoms with E-state index in [1.807, 2.05) is 0 Å². The topological polar surface area (TPSA) is 109 Å². The molecule has 3 N–H and O–H groups in total. The lowest BCUT2D eigenvalue weighted by molar-refractivity contribution is -0.123. The number of nitrogens with one attached hydrogen (secondary N) is 2. The van der Waals surface area contributed by atoms with E-state index in [4.69, 9.17) is 16.7 Å². The molecule has 9 heteroatoms. The molecule has 0 fully saturated rings. The molecule has 23 heavy (non-hydrogen) atoms. The number of nitrogens with zero attached hydrogens (tertiary/aromatic N) is 3. The van der Waals surface area contributed by atoms with E-state index < -0.39 is 18.0 Å². The monoisotopic (exact) mass is 337 g/mol. The molecule has 1 heterocycles. The number of carboxylic acid groups (broad SMARTS) is 1. The van der Waals surface area contributed by atoms with Crippen LogP contribution in [0.3, 0.4) is 0 Å². The lowest BCUT2D eigenvalue weighted by Crippen LogP contribution is -2.45. The quantitative estimate of drug-likeness (QED) is 0.741. The predicted octanol–water partition coefficient (Wildman–Crippen LogP) is 1.58. The molecule has 0 aliphatic carbocycles. The predicted molar refractivity (Wildman–Crippen MR) is 83.5 cm³/mol. The first-order chi connectivity index (χ1) is 11.0. The van der Waals surface area contributed by atoms with Gasteiger partial charge in [-0.2, -0.15) is 5.10 Å². The number of hydrogen-bond acceptors (Lipinski definition) is 4. The highest BCUT2D eigenvalue weighted by Crippen LogP contribution is 2.19. The molecule has 0 aliphatic heterocycles. The maximum atomic E-state index is 12.1. The van der Waals surface area contributed by atoms with E-state index in [-0.39, 0.29) is 6.54 Å². The minimum Gasteiger partial charge on any atom is -0.465 e. The highest BCUT2D eigenvalue weighted by Gasteiger charge is 2.18. The van der Waals surface area contributed by atoms with Gasteiger partial charge in [-0.3, -0.25) is 4.79 Å². The summed E-state index contributed by atoms with van der Waals surface area (Å²) in [4.78, 5) is 26.6. The van der Waals surface area contributed by atoms with E-state index in [0.29, 0.717) is 11.4 Å². The highest BCUT2D eigenvalue weighted by atomic mass is 35.5. The fourth-order valence-electron chi connectivity index (χ4n) is 2.06. The molecular weight excluding hydrogens is 322 g/mol. The van der Waals surface area contributed by atoms with E-state index >= 15 is 0 Å². The lowest BCUT2D eigenvalue weighted by Gasteiger charge is -2.16. The molecule has 0 saturated heterocycles. The Morgan fingerprint density at radius 1 is 1.43 bits per heavy atom. The highest BCUT2D eigenvalue weighted by molar-refractivity contribution is 6.30. The van der Waals surface area contributed by atoms with Gasteiger partial charge in [-0.15, -0.1) is 0 Å². The Morgan fingerprint density at radius 3 is 2.83 bits per heavy atom. The van der Waals surface area contributed by atoms with Crippen molar-refractivity contribution in [2.75, 3.05) is 0 Å². The van der Waals surface area contributed by atoms with E-state index in [2.05, 4.69) is 20.7 Å². The fraction of sp³-hybridized carbons (Fsp3) is 0.286. The molecule has 8 nitrogen and oxygen atoms in total. The van der Waals surface area contributed by atoms with Crippen molar-refractivity contribution in [1.29, 1.82) is 0 Å². The van der Waals surface area contributed by atoms with E-state index in [9.17, 15) is 9.59 Å². The van der Waals surface area contributed by atoms with Crippen LogP contribution in [0.4, 0.5) is 4.79 Å². The van der Waals surface area contributed by atoms with Gasteiger partial charge in [0.25, 0.3) is 0 Å².